The Kier molecular flexibility index (Phi) is 2.10. The maximum Gasteiger partial charge on any atom is 0.181 e. The van der Waals surface area contributed by atoms with Crippen molar-refractivity contribution in [3.63, 3.8) is 0 Å². The van der Waals surface area contributed by atoms with E-state index in [4.69, 9.17) is 9.47 Å². The van der Waals surface area contributed by atoms with Crippen molar-refractivity contribution >= 4 is 11.3 Å². The van der Waals surface area contributed by atoms with Crippen LogP contribution in [-0.2, 0) is 0 Å². The predicted octanol–water partition coefficient (Wildman–Crippen LogP) is 2.99. The van der Waals surface area contributed by atoms with Crippen molar-refractivity contribution in [3.8, 4) is 21.9 Å². The lowest BCUT2D eigenvalue weighted by molar-refractivity contribution is 0.174. The average molecular weight is 217 g/mol. The summed E-state index contributed by atoms with van der Waals surface area (Å²) in [6, 6.07) is 10.2. The van der Waals surface area contributed by atoms with Crippen LogP contribution in [0.15, 0.2) is 30.3 Å². The van der Waals surface area contributed by atoms with Crippen LogP contribution in [0, 0.1) is 5.38 Å². The summed E-state index contributed by atoms with van der Waals surface area (Å²) in [5.74, 6) is 1.60. The summed E-state index contributed by atoms with van der Waals surface area (Å²) in [4.78, 5) is 1.10. The van der Waals surface area contributed by atoms with Crippen LogP contribution in [0.4, 0.5) is 0 Å². The molecule has 0 atom stereocenters. The first-order chi connectivity index (χ1) is 7.45. The van der Waals surface area contributed by atoms with Crippen molar-refractivity contribution in [3.05, 3.63) is 35.7 Å². The second-order valence-corrected chi connectivity index (χ2v) is 4.07. The van der Waals surface area contributed by atoms with Crippen molar-refractivity contribution in [2.24, 2.45) is 0 Å². The van der Waals surface area contributed by atoms with Gasteiger partial charge in [-0.2, -0.15) is 0 Å². The Morgan fingerprint density at radius 1 is 1.07 bits per heavy atom. The van der Waals surface area contributed by atoms with Gasteiger partial charge >= 0.3 is 0 Å². The maximum atomic E-state index is 5.60. The first-order valence-electron chi connectivity index (χ1n) is 4.80. The molecule has 2 nitrogen and oxygen atoms in total. The normalized spacial score (nSPS) is 13.9. The molecule has 0 aliphatic carbocycles. The molecule has 2 heterocycles. The third-order valence-electron chi connectivity index (χ3n) is 2.27. The lowest BCUT2D eigenvalue weighted by atomic mass is 10.2. The fourth-order valence-corrected chi connectivity index (χ4v) is 2.43. The van der Waals surface area contributed by atoms with Gasteiger partial charge in [0.1, 0.15) is 13.2 Å². The van der Waals surface area contributed by atoms with Gasteiger partial charge in [-0.25, -0.2) is 0 Å². The molecule has 1 aliphatic heterocycles. The molecule has 0 saturated heterocycles. The van der Waals surface area contributed by atoms with E-state index in [1.165, 1.54) is 0 Å². The second kappa shape index (κ2) is 3.59. The molecule has 0 unspecified atom stereocenters. The summed E-state index contributed by atoms with van der Waals surface area (Å²) >= 11 is 1.54. The van der Waals surface area contributed by atoms with Crippen molar-refractivity contribution in [1.82, 2.24) is 0 Å². The smallest absolute Gasteiger partial charge is 0.181 e. The second-order valence-electron chi connectivity index (χ2n) is 3.25. The number of fused-ring (bicyclic) bond motifs is 1. The van der Waals surface area contributed by atoms with Gasteiger partial charge in [0.15, 0.2) is 11.5 Å². The van der Waals surface area contributed by atoms with E-state index in [1.54, 1.807) is 11.3 Å². The van der Waals surface area contributed by atoms with Crippen molar-refractivity contribution < 1.29 is 9.47 Å². The monoisotopic (exact) mass is 217 g/mol. The highest BCUT2D eigenvalue weighted by Gasteiger charge is 2.19. The first-order valence-corrected chi connectivity index (χ1v) is 5.62. The summed E-state index contributed by atoms with van der Waals surface area (Å²) in [5.41, 5.74) is 1.16. The number of ether oxygens (including phenoxy) is 2. The van der Waals surface area contributed by atoms with E-state index in [9.17, 15) is 0 Å². The van der Waals surface area contributed by atoms with Gasteiger partial charge in [-0.3, -0.25) is 0 Å². The lowest BCUT2D eigenvalue weighted by Crippen LogP contribution is -2.14. The molecule has 1 aromatic carbocycles. The van der Waals surface area contributed by atoms with E-state index in [0.29, 0.717) is 13.2 Å². The summed E-state index contributed by atoms with van der Waals surface area (Å²) in [6.07, 6.45) is 0. The van der Waals surface area contributed by atoms with Gasteiger partial charge in [0.05, 0.1) is 10.3 Å². The van der Waals surface area contributed by atoms with Crippen molar-refractivity contribution in [2.75, 3.05) is 13.2 Å². The Bertz CT molecular complexity index is 462. The van der Waals surface area contributed by atoms with Crippen LogP contribution < -0.4 is 9.47 Å². The minimum Gasteiger partial charge on any atom is -0.485 e. The van der Waals surface area contributed by atoms with E-state index in [-0.39, 0.29) is 0 Å². The zero-order valence-corrected chi connectivity index (χ0v) is 8.84. The Hall–Kier alpha value is -1.48. The van der Waals surface area contributed by atoms with Gasteiger partial charge in [-0.05, 0) is 5.56 Å². The number of benzene rings is 1. The number of thiophene rings is 1. The molecule has 3 heteroatoms. The molecular formula is C12H9O2S. The third-order valence-corrected chi connectivity index (χ3v) is 3.18. The average Bonchev–Trinajstić information content (AvgIpc) is 2.74. The van der Waals surface area contributed by atoms with Crippen LogP contribution >= 0.6 is 11.3 Å². The van der Waals surface area contributed by atoms with Crippen LogP contribution in [0.25, 0.3) is 10.4 Å². The van der Waals surface area contributed by atoms with Gasteiger partial charge in [0.2, 0.25) is 0 Å². The number of hydrogen-bond donors (Lipinski definition) is 0. The molecule has 75 valence electrons. The molecule has 0 bridgehead atoms. The fourth-order valence-electron chi connectivity index (χ4n) is 1.59. The van der Waals surface area contributed by atoms with Crippen molar-refractivity contribution in [1.29, 1.82) is 0 Å². The first kappa shape index (κ1) is 8.80. The van der Waals surface area contributed by atoms with Gasteiger partial charge in [0.25, 0.3) is 0 Å². The Morgan fingerprint density at radius 2 is 1.87 bits per heavy atom. The predicted molar refractivity (Wildman–Crippen MR) is 59.6 cm³/mol. The van der Waals surface area contributed by atoms with Gasteiger partial charge in [-0.1, -0.05) is 30.3 Å². The minimum atomic E-state index is 0.620. The minimum absolute atomic E-state index is 0.620. The van der Waals surface area contributed by atoms with Crippen LogP contribution in [-0.4, -0.2) is 13.2 Å². The number of rotatable bonds is 1. The molecule has 15 heavy (non-hydrogen) atoms. The van der Waals surface area contributed by atoms with Crippen LogP contribution in [0.3, 0.4) is 0 Å². The Labute approximate surface area is 92.1 Å². The molecule has 0 saturated carbocycles. The highest BCUT2D eigenvalue weighted by molar-refractivity contribution is 7.13. The highest BCUT2D eigenvalue weighted by Crippen LogP contribution is 2.44. The summed E-state index contributed by atoms with van der Waals surface area (Å²) in [7, 11) is 0. The van der Waals surface area contributed by atoms with Gasteiger partial charge < -0.3 is 9.47 Å². The van der Waals surface area contributed by atoms with Crippen LogP contribution in [0.1, 0.15) is 0 Å². The van der Waals surface area contributed by atoms with E-state index >= 15 is 0 Å². The molecule has 1 aromatic heterocycles. The molecule has 0 N–H and O–H groups in total. The van der Waals surface area contributed by atoms with E-state index in [2.05, 4.69) is 17.5 Å². The van der Waals surface area contributed by atoms with Gasteiger partial charge in [0, 0.05) is 0 Å². The fraction of sp³-hybridized carbons (Fsp3) is 0.167. The van der Waals surface area contributed by atoms with E-state index < -0.39 is 0 Å². The maximum absolute atomic E-state index is 5.60. The van der Waals surface area contributed by atoms with E-state index in [1.807, 2.05) is 18.2 Å². The third kappa shape index (κ3) is 1.49. The summed E-state index contributed by atoms with van der Waals surface area (Å²) < 4.78 is 11.1. The van der Waals surface area contributed by atoms with Crippen LogP contribution in [0.2, 0.25) is 0 Å². The molecule has 1 radical (unpaired) electrons. The Morgan fingerprint density at radius 3 is 2.73 bits per heavy atom. The largest absolute Gasteiger partial charge is 0.485 e. The van der Waals surface area contributed by atoms with Crippen molar-refractivity contribution in [2.45, 2.75) is 0 Å². The zero-order chi connectivity index (χ0) is 10.1. The highest BCUT2D eigenvalue weighted by atomic mass is 32.1. The van der Waals surface area contributed by atoms with Crippen LogP contribution in [0.5, 0.6) is 11.5 Å². The summed E-state index contributed by atoms with van der Waals surface area (Å²) in [6.45, 7) is 1.24. The molecular weight excluding hydrogens is 208 g/mol. The topological polar surface area (TPSA) is 18.5 Å². The van der Waals surface area contributed by atoms with E-state index in [0.717, 1.165) is 21.9 Å². The molecule has 0 fully saturated rings. The SMILES string of the molecule is [c]1sc(-c2ccccc2)c2c1OCCO2. The molecule has 3 rings (SSSR count). The Balaban J connectivity index is 2.09. The molecule has 0 spiro atoms. The quantitative estimate of drug-likeness (QED) is 0.731. The number of hydrogen-bond acceptors (Lipinski definition) is 3. The van der Waals surface area contributed by atoms with Gasteiger partial charge in [-0.15, -0.1) is 11.3 Å². The molecule has 1 aliphatic rings. The standard InChI is InChI=1S/C12H9O2S/c1-2-4-9(5-3-1)12-11-10(8-15-12)13-6-7-14-11/h1-5H,6-7H2. The molecule has 0 amide bonds. The summed E-state index contributed by atoms with van der Waals surface area (Å²) in [5, 5.41) is 3.12. The lowest BCUT2D eigenvalue weighted by Gasteiger charge is -2.15. The zero-order valence-electron chi connectivity index (χ0n) is 8.03. The molecule has 2 aromatic rings.